The van der Waals surface area contributed by atoms with E-state index < -0.39 is 12.1 Å². The number of carbonyl (C=O) groups excluding carboxylic acids is 1. The molecule has 0 aromatic carbocycles. The van der Waals surface area contributed by atoms with Gasteiger partial charge in [0.2, 0.25) is 11.8 Å². The number of nitrogens with one attached hydrogen (secondary N) is 1. The molecule has 0 bridgehead atoms. The van der Waals surface area contributed by atoms with Gasteiger partial charge in [0.15, 0.2) is 0 Å². The largest absolute Gasteiger partial charge is 0.470 e. The van der Waals surface area contributed by atoms with Crippen molar-refractivity contribution in [3.05, 3.63) is 11.8 Å². The summed E-state index contributed by atoms with van der Waals surface area (Å²) in [4.78, 5) is 14.1. The van der Waals surface area contributed by atoms with Gasteiger partial charge in [-0.3, -0.25) is 9.69 Å². The van der Waals surface area contributed by atoms with Gasteiger partial charge in [0.1, 0.15) is 0 Å². The molecule has 1 aromatic heterocycles. The van der Waals surface area contributed by atoms with Gasteiger partial charge in [-0.25, -0.2) is 0 Å². The van der Waals surface area contributed by atoms with Crippen LogP contribution in [0.5, 0.6) is 0 Å². The summed E-state index contributed by atoms with van der Waals surface area (Å²) in [7, 11) is 0. The highest BCUT2D eigenvalue weighted by Gasteiger charge is 2.39. The van der Waals surface area contributed by atoms with E-state index in [0.29, 0.717) is 32.5 Å². The average molecular weight is 360 g/mol. The molecule has 0 atom stereocenters. The number of likely N-dealkylation sites (tertiary alicyclic amines) is 1. The van der Waals surface area contributed by atoms with Crippen molar-refractivity contribution in [1.29, 1.82) is 0 Å². The summed E-state index contributed by atoms with van der Waals surface area (Å²) >= 11 is 0. The number of hydrogen-bond donors (Lipinski definition) is 1. The first-order valence-electron chi connectivity index (χ1n) is 8.84. The summed E-state index contributed by atoms with van der Waals surface area (Å²) in [6.45, 7) is 1.60. The average Bonchev–Trinajstić information content (AvgIpc) is 3.07. The van der Waals surface area contributed by atoms with Gasteiger partial charge in [-0.1, -0.05) is 19.3 Å². The van der Waals surface area contributed by atoms with Gasteiger partial charge in [0, 0.05) is 12.0 Å². The van der Waals surface area contributed by atoms with Crippen LogP contribution >= 0.6 is 0 Å². The maximum Gasteiger partial charge on any atom is 0.470 e. The Morgan fingerprint density at radius 2 is 1.80 bits per heavy atom. The zero-order chi connectivity index (χ0) is 17.9. The maximum absolute atomic E-state index is 12.5. The Kier molecular flexibility index (Phi) is 5.61. The minimum Gasteiger partial charge on any atom is -0.417 e. The first-order chi connectivity index (χ1) is 11.9. The summed E-state index contributed by atoms with van der Waals surface area (Å²) < 4.78 is 42.3. The SMILES string of the molecule is O=C(CN1CCC(c2nnc(C(F)(F)F)o2)CC1)NC1CCCCC1. The smallest absolute Gasteiger partial charge is 0.417 e. The fraction of sp³-hybridized carbons (Fsp3) is 0.812. The third-order valence-corrected chi connectivity index (χ3v) is 4.96. The molecule has 1 amide bonds. The molecule has 2 aliphatic rings. The number of nitrogens with zero attached hydrogens (tertiary/aromatic N) is 3. The van der Waals surface area contributed by atoms with Crippen molar-refractivity contribution >= 4 is 5.91 Å². The van der Waals surface area contributed by atoms with Crippen molar-refractivity contribution in [2.24, 2.45) is 0 Å². The summed E-state index contributed by atoms with van der Waals surface area (Å²) in [6, 6.07) is 0.290. The highest BCUT2D eigenvalue weighted by molar-refractivity contribution is 5.78. The highest BCUT2D eigenvalue weighted by atomic mass is 19.4. The van der Waals surface area contributed by atoms with Crippen LogP contribution in [-0.4, -0.2) is 46.7 Å². The van der Waals surface area contributed by atoms with Crippen LogP contribution in [0.1, 0.15) is 62.6 Å². The molecule has 0 radical (unpaired) electrons. The van der Waals surface area contributed by atoms with Crippen LogP contribution in [0.4, 0.5) is 13.2 Å². The summed E-state index contributed by atoms with van der Waals surface area (Å²) in [5, 5.41) is 9.69. The Bertz CT molecular complexity index is 576. The Labute approximate surface area is 144 Å². The molecule has 3 rings (SSSR count). The van der Waals surface area contributed by atoms with Crippen LogP contribution in [-0.2, 0) is 11.0 Å². The van der Waals surface area contributed by atoms with Gasteiger partial charge in [0.05, 0.1) is 6.54 Å². The second-order valence-corrected chi connectivity index (χ2v) is 6.90. The molecule has 1 aromatic rings. The van der Waals surface area contributed by atoms with E-state index in [1.165, 1.54) is 19.3 Å². The van der Waals surface area contributed by atoms with Crippen LogP contribution in [0.2, 0.25) is 0 Å². The van der Waals surface area contributed by atoms with E-state index in [1.807, 2.05) is 4.90 Å². The topological polar surface area (TPSA) is 71.3 Å². The number of halogens is 3. The Hall–Kier alpha value is -1.64. The maximum atomic E-state index is 12.5. The minimum absolute atomic E-state index is 0.0301. The van der Waals surface area contributed by atoms with Crippen LogP contribution in [0.3, 0.4) is 0 Å². The van der Waals surface area contributed by atoms with Gasteiger partial charge < -0.3 is 9.73 Å². The predicted octanol–water partition coefficient (Wildman–Crippen LogP) is 2.72. The lowest BCUT2D eigenvalue weighted by atomic mass is 9.95. The van der Waals surface area contributed by atoms with Crippen LogP contribution in [0.15, 0.2) is 4.42 Å². The molecule has 1 saturated carbocycles. The van der Waals surface area contributed by atoms with Crippen molar-refractivity contribution in [2.75, 3.05) is 19.6 Å². The summed E-state index contributed by atoms with van der Waals surface area (Å²) in [5.74, 6) is -1.40. The fourth-order valence-electron chi connectivity index (χ4n) is 3.58. The van der Waals surface area contributed by atoms with Crippen LogP contribution in [0, 0.1) is 0 Å². The number of alkyl halides is 3. The van der Waals surface area contributed by atoms with E-state index in [-0.39, 0.29) is 23.8 Å². The molecule has 1 saturated heterocycles. The molecule has 9 heteroatoms. The highest BCUT2D eigenvalue weighted by Crippen LogP contribution is 2.32. The molecule has 0 spiro atoms. The Morgan fingerprint density at radius 1 is 1.12 bits per heavy atom. The van der Waals surface area contributed by atoms with Gasteiger partial charge in [-0.05, 0) is 38.8 Å². The third kappa shape index (κ3) is 4.93. The predicted molar refractivity (Wildman–Crippen MR) is 82.7 cm³/mol. The molecule has 6 nitrogen and oxygen atoms in total. The molecular formula is C16H23F3N4O2. The molecule has 1 aliphatic heterocycles. The zero-order valence-corrected chi connectivity index (χ0v) is 14.0. The van der Waals surface area contributed by atoms with E-state index in [9.17, 15) is 18.0 Å². The van der Waals surface area contributed by atoms with Gasteiger partial charge in [-0.2, -0.15) is 13.2 Å². The second-order valence-electron chi connectivity index (χ2n) is 6.90. The lowest BCUT2D eigenvalue weighted by Crippen LogP contribution is -2.44. The van der Waals surface area contributed by atoms with Gasteiger partial charge in [-0.15, -0.1) is 10.2 Å². The van der Waals surface area contributed by atoms with E-state index in [0.717, 1.165) is 12.8 Å². The first kappa shape index (κ1) is 18.2. The molecule has 1 N–H and O–H groups in total. The molecule has 0 unspecified atom stereocenters. The number of carbonyl (C=O) groups is 1. The Morgan fingerprint density at radius 3 is 2.40 bits per heavy atom. The number of aromatic nitrogens is 2. The van der Waals surface area contributed by atoms with E-state index in [4.69, 9.17) is 4.42 Å². The molecule has 2 fully saturated rings. The van der Waals surface area contributed by atoms with Gasteiger partial charge in [0.25, 0.3) is 0 Å². The zero-order valence-electron chi connectivity index (χ0n) is 14.0. The van der Waals surface area contributed by atoms with E-state index in [1.54, 1.807) is 0 Å². The monoisotopic (exact) mass is 360 g/mol. The summed E-state index contributed by atoms with van der Waals surface area (Å²) in [5.41, 5.74) is 0. The number of hydrogen-bond acceptors (Lipinski definition) is 5. The third-order valence-electron chi connectivity index (χ3n) is 4.96. The van der Waals surface area contributed by atoms with E-state index >= 15 is 0 Å². The van der Waals surface area contributed by atoms with Crippen LogP contribution in [0.25, 0.3) is 0 Å². The van der Waals surface area contributed by atoms with Crippen molar-refractivity contribution in [3.8, 4) is 0 Å². The number of rotatable bonds is 4. The normalized spacial score (nSPS) is 21.4. The van der Waals surface area contributed by atoms with Crippen molar-refractivity contribution in [1.82, 2.24) is 20.4 Å². The molecule has 1 aliphatic carbocycles. The molecule has 2 heterocycles. The van der Waals surface area contributed by atoms with Crippen molar-refractivity contribution in [2.45, 2.75) is 63.1 Å². The second kappa shape index (κ2) is 7.72. The summed E-state index contributed by atoms with van der Waals surface area (Å²) in [6.07, 6.45) is 2.28. The minimum atomic E-state index is -4.61. The van der Waals surface area contributed by atoms with Gasteiger partial charge >= 0.3 is 12.1 Å². The lowest BCUT2D eigenvalue weighted by molar-refractivity contribution is -0.157. The lowest BCUT2D eigenvalue weighted by Gasteiger charge is -2.30. The van der Waals surface area contributed by atoms with Crippen LogP contribution < -0.4 is 5.32 Å². The quantitative estimate of drug-likeness (QED) is 0.894. The molecular weight excluding hydrogens is 337 g/mol. The first-order valence-corrected chi connectivity index (χ1v) is 8.84. The number of piperidine rings is 1. The fourth-order valence-corrected chi connectivity index (χ4v) is 3.58. The van der Waals surface area contributed by atoms with E-state index in [2.05, 4.69) is 15.5 Å². The Balaban J connectivity index is 1.43. The standard InChI is InChI=1S/C16H23F3N4O2/c17-16(18,19)15-22-21-14(25-15)11-6-8-23(9-7-11)10-13(24)20-12-4-2-1-3-5-12/h11-12H,1-10H2,(H,20,24). The molecule has 140 valence electrons. The molecule has 25 heavy (non-hydrogen) atoms. The van der Waals surface area contributed by atoms with Crippen molar-refractivity contribution in [3.63, 3.8) is 0 Å². The number of amides is 1. The van der Waals surface area contributed by atoms with Crippen molar-refractivity contribution < 1.29 is 22.4 Å².